The van der Waals surface area contributed by atoms with Gasteiger partial charge in [0.25, 0.3) is 0 Å². The van der Waals surface area contributed by atoms with Gasteiger partial charge in [-0.3, -0.25) is 4.90 Å². The van der Waals surface area contributed by atoms with Crippen molar-refractivity contribution in [3.8, 4) is 11.8 Å². The SMILES string of the molecule is COc1cc(CNCCN2CCOCC2)ccc1C1CC(Nc2cnc(C#N)cn2)NN1. The zero-order chi connectivity index (χ0) is 22.2. The maximum Gasteiger partial charge on any atom is 0.158 e. The molecule has 2 unspecified atom stereocenters. The quantitative estimate of drug-likeness (QED) is 0.418. The highest BCUT2D eigenvalue weighted by Crippen LogP contribution is 2.31. The third-order valence-electron chi connectivity index (χ3n) is 5.70. The first-order valence-electron chi connectivity index (χ1n) is 10.9. The van der Waals surface area contributed by atoms with Gasteiger partial charge >= 0.3 is 0 Å². The number of hydrogen-bond acceptors (Lipinski definition) is 10. The summed E-state index contributed by atoms with van der Waals surface area (Å²) < 4.78 is 11.1. The van der Waals surface area contributed by atoms with Crippen LogP contribution in [0.5, 0.6) is 5.75 Å². The van der Waals surface area contributed by atoms with Crippen LogP contribution in [0.2, 0.25) is 0 Å². The summed E-state index contributed by atoms with van der Waals surface area (Å²) >= 11 is 0. The van der Waals surface area contributed by atoms with Crippen LogP contribution in [0.4, 0.5) is 5.82 Å². The fourth-order valence-electron chi connectivity index (χ4n) is 3.94. The number of nitrogens with zero attached hydrogens (tertiary/aromatic N) is 4. The monoisotopic (exact) mass is 438 g/mol. The molecule has 32 heavy (non-hydrogen) atoms. The number of hydrogen-bond donors (Lipinski definition) is 4. The van der Waals surface area contributed by atoms with Crippen LogP contribution in [0.15, 0.2) is 30.6 Å². The third-order valence-corrected chi connectivity index (χ3v) is 5.70. The summed E-state index contributed by atoms with van der Waals surface area (Å²) in [4.78, 5) is 10.7. The lowest BCUT2D eigenvalue weighted by molar-refractivity contribution is 0.0384. The summed E-state index contributed by atoms with van der Waals surface area (Å²) in [5.41, 5.74) is 9.17. The Bertz CT molecular complexity index is 911. The molecule has 4 N–H and O–H groups in total. The first-order chi connectivity index (χ1) is 15.7. The summed E-state index contributed by atoms with van der Waals surface area (Å²) in [5.74, 6) is 1.49. The van der Waals surface area contributed by atoms with Gasteiger partial charge in [-0.15, -0.1) is 0 Å². The van der Waals surface area contributed by atoms with Gasteiger partial charge in [0.2, 0.25) is 0 Å². The van der Waals surface area contributed by atoms with Crippen molar-refractivity contribution in [2.45, 2.75) is 25.2 Å². The molecule has 2 aromatic rings. The molecule has 2 fully saturated rings. The summed E-state index contributed by atoms with van der Waals surface area (Å²) in [6.07, 6.45) is 3.80. The number of morpholine rings is 1. The van der Waals surface area contributed by atoms with Gasteiger partial charge < -0.3 is 20.1 Å². The van der Waals surface area contributed by atoms with Crippen molar-refractivity contribution in [3.05, 3.63) is 47.4 Å². The normalized spacial score (nSPS) is 21.2. The Morgan fingerprint density at radius 3 is 2.88 bits per heavy atom. The van der Waals surface area contributed by atoms with Crippen LogP contribution in [0, 0.1) is 11.3 Å². The van der Waals surface area contributed by atoms with Gasteiger partial charge in [-0.2, -0.15) is 5.26 Å². The van der Waals surface area contributed by atoms with Crippen molar-refractivity contribution in [1.29, 1.82) is 5.26 Å². The maximum absolute atomic E-state index is 8.84. The second-order valence-corrected chi connectivity index (χ2v) is 7.88. The second kappa shape index (κ2) is 11.2. The molecule has 0 radical (unpaired) electrons. The lowest BCUT2D eigenvalue weighted by atomic mass is 10.0. The van der Waals surface area contributed by atoms with Crippen molar-refractivity contribution in [3.63, 3.8) is 0 Å². The van der Waals surface area contributed by atoms with E-state index in [-0.39, 0.29) is 12.2 Å². The topological polar surface area (TPSA) is 119 Å². The van der Waals surface area contributed by atoms with Crippen LogP contribution in [-0.2, 0) is 11.3 Å². The van der Waals surface area contributed by atoms with E-state index in [1.807, 2.05) is 6.07 Å². The molecule has 0 amide bonds. The van der Waals surface area contributed by atoms with Crippen molar-refractivity contribution in [1.82, 2.24) is 31.0 Å². The van der Waals surface area contributed by atoms with Crippen LogP contribution in [0.3, 0.4) is 0 Å². The highest BCUT2D eigenvalue weighted by molar-refractivity contribution is 5.41. The Morgan fingerprint density at radius 2 is 2.12 bits per heavy atom. The van der Waals surface area contributed by atoms with E-state index in [0.29, 0.717) is 11.5 Å². The zero-order valence-electron chi connectivity index (χ0n) is 18.3. The molecule has 10 heteroatoms. The number of hydrazine groups is 1. The minimum atomic E-state index is -0.0199. The van der Waals surface area contributed by atoms with Crippen LogP contribution >= 0.6 is 0 Å². The van der Waals surface area contributed by atoms with E-state index in [1.54, 1.807) is 13.3 Å². The number of methoxy groups -OCH3 is 1. The molecule has 170 valence electrons. The molecule has 1 aromatic carbocycles. The summed E-state index contributed by atoms with van der Waals surface area (Å²) in [6.45, 7) is 6.48. The molecule has 1 aromatic heterocycles. The van der Waals surface area contributed by atoms with Crippen LogP contribution in [0.1, 0.15) is 29.3 Å². The van der Waals surface area contributed by atoms with Crippen LogP contribution in [0.25, 0.3) is 0 Å². The minimum Gasteiger partial charge on any atom is -0.496 e. The first-order valence-corrected chi connectivity index (χ1v) is 10.9. The Kier molecular flexibility index (Phi) is 7.82. The minimum absolute atomic E-state index is 0.0199. The Hall–Kier alpha value is -2.81. The molecule has 2 aliphatic heterocycles. The molecule has 0 saturated carbocycles. The first kappa shape index (κ1) is 22.4. The molecule has 0 spiro atoms. The Morgan fingerprint density at radius 1 is 1.25 bits per heavy atom. The van der Waals surface area contributed by atoms with Gasteiger partial charge in [0, 0.05) is 44.7 Å². The lowest BCUT2D eigenvalue weighted by Crippen LogP contribution is -2.40. The van der Waals surface area contributed by atoms with Gasteiger partial charge in [-0.1, -0.05) is 12.1 Å². The van der Waals surface area contributed by atoms with E-state index >= 15 is 0 Å². The third kappa shape index (κ3) is 5.91. The van der Waals surface area contributed by atoms with E-state index in [0.717, 1.165) is 63.7 Å². The maximum atomic E-state index is 8.84. The van der Waals surface area contributed by atoms with Gasteiger partial charge in [-0.25, -0.2) is 20.8 Å². The van der Waals surface area contributed by atoms with Crippen molar-refractivity contribution >= 4 is 5.82 Å². The summed E-state index contributed by atoms with van der Waals surface area (Å²) in [6, 6.07) is 8.44. The molecule has 10 nitrogen and oxygen atoms in total. The number of ether oxygens (including phenoxy) is 2. The van der Waals surface area contributed by atoms with Crippen molar-refractivity contribution in [2.75, 3.05) is 51.8 Å². The van der Waals surface area contributed by atoms with Gasteiger partial charge in [0.05, 0.1) is 44.9 Å². The van der Waals surface area contributed by atoms with E-state index in [2.05, 4.69) is 54.6 Å². The number of nitriles is 1. The molecule has 2 aliphatic rings. The number of nitrogens with one attached hydrogen (secondary N) is 4. The average Bonchev–Trinajstić information content (AvgIpc) is 3.31. The van der Waals surface area contributed by atoms with Gasteiger partial charge in [0.15, 0.2) is 5.69 Å². The molecule has 0 aliphatic carbocycles. The van der Waals surface area contributed by atoms with Crippen LogP contribution < -0.4 is 26.2 Å². The standard InChI is InChI=1S/C22H30N8O2/c1-31-20-10-16(13-24-4-5-30-6-8-32-9-7-30)2-3-18(20)19-11-21(29-28-19)27-22-15-25-17(12-23)14-26-22/h2-3,10,14-15,19,21,24,28-29H,4-9,11,13H2,1H3,(H,26,27). The highest BCUT2D eigenvalue weighted by atomic mass is 16.5. The molecule has 2 atom stereocenters. The van der Waals surface area contributed by atoms with E-state index < -0.39 is 0 Å². The van der Waals surface area contributed by atoms with Gasteiger partial charge in [0.1, 0.15) is 17.6 Å². The number of anilines is 1. The smallest absolute Gasteiger partial charge is 0.158 e. The average molecular weight is 439 g/mol. The van der Waals surface area contributed by atoms with Crippen molar-refractivity contribution < 1.29 is 9.47 Å². The lowest BCUT2D eigenvalue weighted by Gasteiger charge is -2.26. The Balaban J connectivity index is 1.28. The van der Waals surface area contributed by atoms with E-state index in [9.17, 15) is 0 Å². The number of benzene rings is 1. The molecule has 2 saturated heterocycles. The molecule has 3 heterocycles. The fraction of sp³-hybridized carbons (Fsp3) is 0.500. The molecular weight excluding hydrogens is 408 g/mol. The Labute approximate surface area is 188 Å². The fourth-order valence-corrected chi connectivity index (χ4v) is 3.94. The molecular formula is C22H30N8O2. The zero-order valence-corrected chi connectivity index (χ0v) is 18.3. The summed E-state index contributed by atoms with van der Waals surface area (Å²) in [7, 11) is 1.71. The van der Waals surface area contributed by atoms with E-state index in [4.69, 9.17) is 14.7 Å². The van der Waals surface area contributed by atoms with Gasteiger partial charge in [-0.05, 0) is 11.6 Å². The van der Waals surface area contributed by atoms with Crippen molar-refractivity contribution in [2.24, 2.45) is 0 Å². The highest BCUT2D eigenvalue weighted by Gasteiger charge is 2.27. The molecule has 0 bridgehead atoms. The largest absolute Gasteiger partial charge is 0.496 e. The second-order valence-electron chi connectivity index (χ2n) is 7.88. The van der Waals surface area contributed by atoms with E-state index in [1.165, 1.54) is 11.8 Å². The predicted octanol–water partition coefficient (Wildman–Crippen LogP) is 0.756. The molecule has 4 rings (SSSR count). The summed E-state index contributed by atoms with van der Waals surface area (Å²) in [5, 5.41) is 15.6. The number of aromatic nitrogens is 2. The van der Waals surface area contributed by atoms with Crippen LogP contribution in [-0.4, -0.2) is 67.5 Å². The number of rotatable bonds is 9. The predicted molar refractivity (Wildman–Crippen MR) is 120 cm³/mol.